The lowest BCUT2D eigenvalue weighted by molar-refractivity contribution is 0.567. The van der Waals surface area contributed by atoms with E-state index in [9.17, 15) is 4.39 Å². The first-order chi connectivity index (χ1) is 7.19. The Hall–Kier alpha value is -1.37. The molecule has 1 aromatic rings. The highest BCUT2D eigenvalue weighted by atomic mass is 19.1. The molecular weight excluding hydrogens is 191 g/mol. The van der Waals surface area contributed by atoms with E-state index >= 15 is 0 Å². The summed E-state index contributed by atoms with van der Waals surface area (Å²) in [5.41, 5.74) is 7.49. The molecule has 0 saturated heterocycles. The lowest BCUT2D eigenvalue weighted by Gasteiger charge is -2.18. The van der Waals surface area contributed by atoms with Gasteiger partial charge in [-0.2, -0.15) is 0 Å². The van der Waals surface area contributed by atoms with E-state index in [1.807, 2.05) is 6.92 Å². The van der Waals surface area contributed by atoms with Gasteiger partial charge in [0.15, 0.2) is 0 Å². The Balaban J connectivity index is 2.91. The summed E-state index contributed by atoms with van der Waals surface area (Å²) >= 11 is 0. The maximum Gasteiger partial charge on any atom is 0.123 e. The third-order valence-electron chi connectivity index (χ3n) is 2.30. The number of terminal acetylenes is 1. The zero-order chi connectivity index (χ0) is 11.3. The molecule has 3 N–H and O–H groups in total. The maximum absolute atomic E-state index is 13.1. The lowest BCUT2D eigenvalue weighted by Crippen LogP contribution is -2.29. The molecule has 0 saturated carbocycles. The van der Waals surface area contributed by atoms with Gasteiger partial charge in [-0.25, -0.2) is 4.39 Å². The van der Waals surface area contributed by atoms with E-state index in [2.05, 4.69) is 11.2 Å². The number of halogens is 1. The molecule has 0 bridgehead atoms. The molecule has 1 atom stereocenters. The van der Waals surface area contributed by atoms with Gasteiger partial charge in [0.05, 0.1) is 6.54 Å². The molecule has 1 unspecified atom stereocenters. The summed E-state index contributed by atoms with van der Waals surface area (Å²) in [6.45, 7) is 2.75. The Bertz CT molecular complexity index is 368. The average molecular weight is 206 g/mol. The number of nitrogens with one attached hydrogen (secondary N) is 1. The molecule has 2 nitrogen and oxygen atoms in total. The minimum absolute atomic E-state index is 0.0863. The Morgan fingerprint density at radius 1 is 1.60 bits per heavy atom. The van der Waals surface area contributed by atoms with Gasteiger partial charge in [-0.1, -0.05) is 12.0 Å². The molecule has 0 spiro atoms. The second-order valence-corrected chi connectivity index (χ2v) is 3.37. The van der Waals surface area contributed by atoms with Crippen molar-refractivity contribution in [1.82, 2.24) is 5.32 Å². The smallest absolute Gasteiger partial charge is 0.123 e. The molecule has 0 aliphatic heterocycles. The quantitative estimate of drug-likeness (QED) is 0.730. The highest BCUT2D eigenvalue weighted by Crippen LogP contribution is 2.17. The van der Waals surface area contributed by atoms with Crippen LogP contribution in [0.15, 0.2) is 18.2 Å². The second kappa shape index (κ2) is 5.50. The predicted octanol–water partition coefficient (Wildman–Crippen LogP) is 1.36. The minimum atomic E-state index is -0.253. The first kappa shape index (κ1) is 11.7. The van der Waals surface area contributed by atoms with E-state index in [4.69, 9.17) is 12.2 Å². The summed E-state index contributed by atoms with van der Waals surface area (Å²) < 4.78 is 13.1. The molecule has 0 amide bonds. The van der Waals surface area contributed by atoms with Crippen LogP contribution in [-0.4, -0.2) is 13.1 Å². The molecule has 80 valence electrons. The van der Waals surface area contributed by atoms with Gasteiger partial charge in [0.1, 0.15) is 5.82 Å². The predicted molar refractivity (Wildman–Crippen MR) is 59.8 cm³/mol. The fourth-order valence-electron chi connectivity index (χ4n) is 1.49. The summed E-state index contributed by atoms with van der Waals surface area (Å²) in [5, 5.41) is 3.08. The first-order valence-corrected chi connectivity index (χ1v) is 4.82. The molecule has 0 fully saturated rings. The third kappa shape index (κ3) is 3.05. The van der Waals surface area contributed by atoms with Crippen molar-refractivity contribution >= 4 is 0 Å². The molecule has 15 heavy (non-hydrogen) atoms. The lowest BCUT2D eigenvalue weighted by atomic mass is 10.0. The molecule has 0 aliphatic carbocycles. The van der Waals surface area contributed by atoms with Crippen molar-refractivity contribution in [3.05, 3.63) is 35.1 Å². The van der Waals surface area contributed by atoms with Gasteiger partial charge in [0.25, 0.3) is 0 Å². The molecule has 1 rings (SSSR count). The largest absolute Gasteiger partial charge is 0.329 e. The van der Waals surface area contributed by atoms with Crippen LogP contribution >= 0.6 is 0 Å². The van der Waals surface area contributed by atoms with Crippen LogP contribution in [0.4, 0.5) is 4.39 Å². The van der Waals surface area contributed by atoms with E-state index in [-0.39, 0.29) is 11.9 Å². The van der Waals surface area contributed by atoms with Crippen molar-refractivity contribution in [2.75, 3.05) is 13.1 Å². The Morgan fingerprint density at radius 2 is 2.33 bits per heavy atom. The molecular formula is C12H15FN2. The second-order valence-electron chi connectivity index (χ2n) is 3.37. The van der Waals surface area contributed by atoms with E-state index in [0.29, 0.717) is 13.1 Å². The van der Waals surface area contributed by atoms with E-state index in [1.165, 1.54) is 12.1 Å². The van der Waals surface area contributed by atoms with Gasteiger partial charge < -0.3 is 5.73 Å². The van der Waals surface area contributed by atoms with E-state index in [1.54, 1.807) is 6.07 Å². The summed E-state index contributed by atoms with van der Waals surface area (Å²) in [7, 11) is 0. The van der Waals surface area contributed by atoms with Crippen LogP contribution in [-0.2, 0) is 0 Å². The van der Waals surface area contributed by atoms with Gasteiger partial charge in [0, 0.05) is 12.6 Å². The van der Waals surface area contributed by atoms with Crippen molar-refractivity contribution in [3.8, 4) is 12.3 Å². The summed E-state index contributed by atoms with van der Waals surface area (Å²) in [6, 6.07) is 4.59. The zero-order valence-corrected chi connectivity index (χ0v) is 8.76. The Kier molecular flexibility index (Phi) is 4.29. The summed E-state index contributed by atoms with van der Waals surface area (Å²) in [6.07, 6.45) is 5.15. The van der Waals surface area contributed by atoms with Crippen LogP contribution in [0.2, 0.25) is 0 Å². The number of rotatable bonds is 4. The van der Waals surface area contributed by atoms with Gasteiger partial charge in [-0.05, 0) is 30.2 Å². The molecule has 0 radical (unpaired) electrons. The SMILES string of the molecule is C#CCNC(CN)c1cc(F)ccc1C. The Morgan fingerprint density at radius 3 is 2.93 bits per heavy atom. The van der Waals surface area contributed by atoms with Crippen LogP contribution in [0.3, 0.4) is 0 Å². The van der Waals surface area contributed by atoms with Gasteiger partial charge in [-0.15, -0.1) is 6.42 Å². The standard InChI is InChI=1S/C12H15FN2/c1-3-6-15-12(8-14)11-7-10(13)5-4-9(11)2/h1,4-5,7,12,15H,6,8,14H2,2H3. The van der Waals surface area contributed by atoms with Crippen molar-refractivity contribution in [3.63, 3.8) is 0 Å². The molecule has 0 aromatic heterocycles. The molecule has 0 heterocycles. The first-order valence-electron chi connectivity index (χ1n) is 4.82. The van der Waals surface area contributed by atoms with Crippen molar-refractivity contribution in [2.45, 2.75) is 13.0 Å². The molecule has 3 heteroatoms. The van der Waals surface area contributed by atoms with E-state index < -0.39 is 0 Å². The van der Waals surface area contributed by atoms with Crippen LogP contribution < -0.4 is 11.1 Å². The number of benzene rings is 1. The van der Waals surface area contributed by atoms with Crippen molar-refractivity contribution in [1.29, 1.82) is 0 Å². The fourth-order valence-corrected chi connectivity index (χ4v) is 1.49. The third-order valence-corrected chi connectivity index (χ3v) is 2.30. The van der Waals surface area contributed by atoms with Crippen LogP contribution in [0.25, 0.3) is 0 Å². The van der Waals surface area contributed by atoms with Crippen LogP contribution in [0, 0.1) is 25.1 Å². The highest BCUT2D eigenvalue weighted by molar-refractivity contribution is 5.30. The number of hydrogen-bond donors (Lipinski definition) is 2. The summed E-state index contributed by atoms with van der Waals surface area (Å²) in [4.78, 5) is 0. The molecule has 1 aromatic carbocycles. The minimum Gasteiger partial charge on any atom is -0.329 e. The topological polar surface area (TPSA) is 38.0 Å². The maximum atomic E-state index is 13.1. The Labute approximate surface area is 89.7 Å². The van der Waals surface area contributed by atoms with E-state index in [0.717, 1.165) is 11.1 Å². The fraction of sp³-hybridized carbons (Fsp3) is 0.333. The van der Waals surface area contributed by atoms with Crippen LogP contribution in [0.1, 0.15) is 17.2 Å². The average Bonchev–Trinajstić information content (AvgIpc) is 2.24. The zero-order valence-electron chi connectivity index (χ0n) is 8.76. The van der Waals surface area contributed by atoms with Gasteiger partial charge >= 0.3 is 0 Å². The van der Waals surface area contributed by atoms with Gasteiger partial charge in [-0.3, -0.25) is 5.32 Å². The number of hydrogen-bond acceptors (Lipinski definition) is 2. The number of aryl methyl sites for hydroxylation is 1. The monoisotopic (exact) mass is 206 g/mol. The normalized spacial score (nSPS) is 12.1. The van der Waals surface area contributed by atoms with Crippen LogP contribution in [0.5, 0.6) is 0 Å². The highest BCUT2D eigenvalue weighted by Gasteiger charge is 2.11. The number of nitrogens with two attached hydrogens (primary N) is 1. The summed E-state index contributed by atoms with van der Waals surface area (Å²) in [5.74, 6) is 2.22. The molecule has 0 aliphatic rings. The van der Waals surface area contributed by atoms with Crippen molar-refractivity contribution < 1.29 is 4.39 Å². The van der Waals surface area contributed by atoms with Gasteiger partial charge in [0.2, 0.25) is 0 Å². The van der Waals surface area contributed by atoms with Crippen molar-refractivity contribution in [2.24, 2.45) is 5.73 Å².